The van der Waals surface area contributed by atoms with Gasteiger partial charge in [-0.25, -0.2) is 4.98 Å². The van der Waals surface area contributed by atoms with E-state index in [9.17, 15) is 9.59 Å². The fourth-order valence-corrected chi connectivity index (χ4v) is 2.03. The summed E-state index contributed by atoms with van der Waals surface area (Å²) in [6.45, 7) is 1.90. The number of hydrogen-bond acceptors (Lipinski definition) is 4. The fraction of sp³-hybridized carbons (Fsp3) is 0.300. The lowest BCUT2D eigenvalue weighted by Crippen LogP contribution is -2.23. The maximum Gasteiger partial charge on any atom is 0.262 e. The van der Waals surface area contributed by atoms with Crippen molar-refractivity contribution < 1.29 is 4.79 Å². The molecule has 0 N–H and O–H groups in total. The molecule has 0 aliphatic carbocycles. The maximum atomic E-state index is 11.8. The molecular formula is C10H10N2O2S. The van der Waals surface area contributed by atoms with Crippen molar-refractivity contribution in [3.05, 3.63) is 28.1 Å². The topological polar surface area (TPSA) is 52.0 Å². The summed E-state index contributed by atoms with van der Waals surface area (Å²) in [6, 6.07) is 1.74. The summed E-state index contributed by atoms with van der Waals surface area (Å²) in [5.41, 5.74) is -0.136. The summed E-state index contributed by atoms with van der Waals surface area (Å²) < 4.78 is 1.36. The van der Waals surface area contributed by atoms with E-state index < -0.39 is 0 Å². The molecule has 0 saturated heterocycles. The van der Waals surface area contributed by atoms with Crippen molar-refractivity contribution in [2.75, 3.05) is 0 Å². The number of Topliss-reactive ketones (excluding diaryl/α,β-unsaturated/α-hetero) is 1. The molecule has 78 valence electrons. The van der Waals surface area contributed by atoms with Crippen molar-refractivity contribution in [3.63, 3.8) is 0 Å². The molecule has 0 atom stereocenters. The number of ketones is 1. The van der Waals surface area contributed by atoms with Gasteiger partial charge in [0.05, 0.1) is 18.3 Å². The molecule has 0 bridgehead atoms. The monoisotopic (exact) mass is 222 g/mol. The molecule has 2 heterocycles. The molecule has 0 radical (unpaired) electrons. The van der Waals surface area contributed by atoms with E-state index >= 15 is 0 Å². The molecule has 0 aliphatic rings. The lowest BCUT2D eigenvalue weighted by molar-refractivity contribution is -0.119. The minimum Gasteiger partial charge on any atom is -0.298 e. The van der Waals surface area contributed by atoms with Crippen molar-refractivity contribution >= 4 is 27.3 Å². The summed E-state index contributed by atoms with van der Waals surface area (Å²) in [4.78, 5) is 27.9. The second-order valence-corrected chi connectivity index (χ2v) is 4.10. The fourth-order valence-electron chi connectivity index (χ4n) is 1.31. The highest BCUT2D eigenvalue weighted by Gasteiger charge is 2.07. The van der Waals surface area contributed by atoms with Crippen LogP contribution in [0.4, 0.5) is 0 Å². The number of carbonyl (C=O) groups is 1. The number of hydrogen-bond donors (Lipinski definition) is 0. The van der Waals surface area contributed by atoms with Crippen LogP contribution in [0, 0.1) is 0 Å². The van der Waals surface area contributed by atoms with Crippen LogP contribution in [0.3, 0.4) is 0 Å². The molecule has 0 saturated carbocycles. The van der Waals surface area contributed by atoms with Crippen LogP contribution in [-0.2, 0) is 11.3 Å². The standard InChI is InChI=1S/C10H10N2O2S/c1-2-7(13)5-12-6-11-9-8(10(12)14)3-4-15-9/h3-4,6H,2,5H2,1H3. The summed E-state index contributed by atoms with van der Waals surface area (Å²) in [7, 11) is 0. The normalized spacial score (nSPS) is 10.7. The number of fused-ring (bicyclic) bond motifs is 1. The molecule has 4 nitrogen and oxygen atoms in total. The average molecular weight is 222 g/mol. The molecular weight excluding hydrogens is 212 g/mol. The third kappa shape index (κ3) is 1.83. The second kappa shape index (κ2) is 3.94. The van der Waals surface area contributed by atoms with Gasteiger partial charge in [0.25, 0.3) is 5.56 Å². The van der Waals surface area contributed by atoms with E-state index in [1.54, 1.807) is 13.0 Å². The van der Waals surface area contributed by atoms with Crippen LogP contribution >= 0.6 is 11.3 Å². The van der Waals surface area contributed by atoms with Crippen molar-refractivity contribution in [2.24, 2.45) is 0 Å². The Bertz CT molecular complexity index is 556. The zero-order valence-electron chi connectivity index (χ0n) is 8.27. The van der Waals surface area contributed by atoms with Crippen molar-refractivity contribution in [2.45, 2.75) is 19.9 Å². The van der Waals surface area contributed by atoms with E-state index in [4.69, 9.17) is 0 Å². The van der Waals surface area contributed by atoms with Crippen LogP contribution in [0.25, 0.3) is 10.2 Å². The highest BCUT2D eigenvalue weighted by Crippen LogP contribution is 2.13. The molecule has 0 amide bonds. The van der Waals surface area contributed by atoms with Gasteiger partial charge in [-0.15, -0.1) is 11.3 Å². The first-order valence-electron chi connectivity index (χ1n) is 4.66. The van der Waals surface area contributed by atoms with Gasteiger partial charge < -0.3 is 0 Å². The largest absolute Gasteiger partial charge is 0.298 e. The van der Waals surface area contributed by atoms with E-state index in [0.717, 1.165) is 4.83 Å². The zero-order valence-corrected chi connectivity index (χ0v) is 9.08. The predicted octanol–water partition coefficient (Wildman–Crippen LogP) is 1.44. The van der Waals surface area contributed by atoms with Gasteiger partial charge in [0.1, 0.15) is 4.83 Å². The van der Waals surface area contributed by atoms with Gasteiger partial charge >= 0.3 is 0 Å². The Morgan fingerprint density at radius 3 is 3.13 bits per heavy atom. The first-order chi connectivity index (χ1) is 7.22. The molecule has 0 unspecified atom stereocenters. The quantitative estimate of drug-likeness (QED) is 0.789. The smallest absolute Gasteiger partial charge is 0.262 e. The molecule has 5 heteroatoms. The minimum absolute atomic E-state index is 0.0356. The Labute approximate surface area is 90.2 Å². The lowest BCUT2D eigenvalue weighted by atomic mass is 10.3. The predicted molar refractivity (Wildman–Crippen MR) is 59.2 cm³/mol. The van der Waals surface area contributed by atoms with E-state index in [0.29, 0.717) is 11.8 Å². The summed E-state index contributed by atoms with van der Waals surface area (Å²) >= 11 is 1.43. The number of rotatable bonds is 3. The Kier molecular flexibility index (Phi) is 2.64. The van der Waals surface area contributed by atoms with Crippen molar-refractivity contribution in [1.29, 1.82) is 0 Å². The number of aromatic nitrogens is 2. The zero-order chi connectivity index (χ0) is 10.8. The molecule has 15 heavy (non-hydrogen) atoms. The Hall–Kier alpha value is -1.49. The molecule has 0 spiro atoms. The second-order valence-electron chi connectivity index (χ2n) is 3.21. The Balaban J connectivity index is 2.48. The van der Waals surface area contributed by atoms with Crippen molar-refractivity contribution in [3.8, 4) is 0 Å². The van der Waals surface area contributed by atoms with Gasteiger partial charge in [0, 0.05) is 6.42 Å². The summed E-state index contributed by atoms with van der Waals surface area (Å²) in [5.74, 6) is 0.0356. The average Bonchev–Trinajstić information content (AvgIpc) is 2.70. The van der Waals surface area contributed by atoms with Gasteiger partial charge in [-0.05, 0) is 11.4 Å². The third-order valence-electron chi connectivity index (χ3n) is 2.19. The third-order valence-corrected chi connectivity index (χ3v) is 3.01. The van der Waals surface area contributed by atoms with E-state index in [-0.39, 0.29) is 17.9 Å². The van der Waals surface area contributed by atoms with Crippen LogP contribution in [0.1, 0.15) is 13.3 Å². The number of nitrogens with zero attached hydrogens (tertiary/aromatic N) is 2. The molecule has 0 fully saturated rings. The summed E-state index contributed by atoms with van der Waals surface area (Å²) in [6.07, 6.45) is 1.88. The maximum absolute atomic E-state index is 11.8. The SMILES string of the molecule is CCC(=O)Cn1cnc2sccc2c1=O. The lowest BCUT2D eigenvalue weighted by Gasteiger charge is -2.02. The van der Waals surface area contributed by atoms with Gasteiger partial charge in [0.2, 0.25) is 0 Å². The van der Waals surface area contributed by atoms with Crippen LogP contribution in [-0.4, -0.2) is 15.3 Å². The van der Waals surface area contributed by atoms with Gasteiger partial charge in [0.15, 0.2) is 5.78 Å². The molecule has 2 rings (SSSR count). The van der Waals surface area contributed by atoms with E-state index in [1.807, 2.05) is 5.38 Å². The number of carbonyl (C=O) groups excluding carboxylic acids is 1. The van der Waals surface area contributed by atoms with Gasteiger partial charge in [-0.3, -0.25) is 14.2 Å². The molecule has 0 aliphatic heterocycles. The van der Waals surface area contributed by atoms with Crippen molar-refractivity contribution in [1.82, 2.24) is 9.55 Å². The van der Waals surface area contributed by atoms with Crippen LogP contribution in [0.5, 0.6) is 0 Å². The molecule has 0 aromatic carbocycles. The van der Waals surface area contributed by atoms with Gasteiger partial charge in [-0.2, -0.15) is 0 Å². The first kappa shape index (κ1) is 10.0. The number of thiophene rings is 1. The van der Waals surface area contributed by atoms with Crippen LogP contribution < -0.4 is 5.56 Å². The molecule has 2 aromatic heterocycles. The van der Waals surface area contributed by atoms with Gasteiger partial charge in [-0.1, -0.05) is 6.92 Å². The summed E-state index contributed by atoms with van der Waals surface area (Å²) in [5, 5.41) is 2.41. The molecule has 2 aromatic rings. The Morgan fingerprint density at radius 2 is 2.40 bits per heavy atom. The minimum atomic E-state index is -0.136. The highest BCUT2D eigenvalue weighted by molar-refractivity contribution is 7.16. The highest BCUT2D eigenvalue weighted by atomic mass is 32.1. The van der Waals surface area contributed by atoms with E-state index in [1.165, 1.54) is 22.2 Å². The van der Waals surface area contributed by atoms with Crippen LogP contribution in [0.2, 0.25) is 0 Å². The van der Waals surface area contributed by atoms with E-state index in [2.05, 4.69) is 4.98 Å². The first-order valence-corrected chi connectivity index (χ1v) is 5.54. The van der Waals surface area contributed by atoms with Crippen LogP contribution in [0.15, 0.2) is 22.6 Å². The Morgan fingerprint density at radius 1 is 1.60 bits per heavy atom.